The van der Waals surface area contributed by atoms with E-state index >= 15 is 0 Å². The van der Waals surface area contributed by atoms with Gasteiger partial charge in [0.2, 0.25) is 0 Å². The second-order valence-electron chi connectivity index (χ2n) is 6.89. The number of carbonyl (C=O) groups is 1. The van der Waals surface area contributed by atoms with Crippen molar-refractivity contribution in [3.8, 4) is 0 Å². The molecule has 24 heavy (non-hydrogen) atoms. The fraction of sp³-hybridized carbons (Fsp3) is 0.350. The Balaban J connectivity index is 2.04. The smallest absolute Gasteiger partial charge is 0.335 e. The predicted molar refractivity (Wildman–Crippen MR) is 98.2 cm³/mol. The number of anilines is 1. The Bertz CT molecular complexity index is 802. The fourth-order valence-corrected chi connectivity index (χ4v) is 3.65. The number of carboxylic acids is 1. The van der Waals surface area contributed by atoms with Gasteiger partial charge < -0.3 is 10.4 Å². The lowest BCUT2D eigenvalue weighted by molar-refractivity contribution is 0.0696. The Morgan fingerprint density at radius 3 is 2.71 bits per heavy atom. The molecule has 3 rings (SSSR count). The summed E-state index contributed by atoms with van der Waals surface area (Å²) in [4.78, 5) is 11.3. The molecule has 0 saturated heterocycles. The first-order chi connectivity index (χ1) is 11.3. The number of aromatic carboxylic acids is 1. The Morgan fingerprint density at radius 2 is 2.08 bits per heavy atom. The molecule has 0 spiro atoms. The van der Waals surface area contributed by atoms with Crippen molar-refractivity contribution in [3.05, 3.63) is 63.7 Å². The highest BCUT2D eigenvalue weighted by Crippen LogP contribution is 2.46. The molecule has 1 aliphatic rings. The van der Waals surface area contributed by atoms with E-state index in [0.717, 1.165) is 34.7 Å². The van der Waals surface area contributed by atoms with E-state index in [2.05, 4.69) is 25.2 Å². The van der Waals surface area contributed by atoms with Crippen molar-refractivity contribution in [3.63, 3.8) is 0 Å². The molecule has 1 heterocycles. The molecule has 0 radical (unpaired) electrons. The normalized spacial score (nSPS) is 22.6. The van der Waals surface area contributed by atoms with Gasteiger partial charge in [0.15, 0.2) is 0 Å². The Morgan fingerprint density at radius 1 is 1.33 bits per heavy atom. The molecule has 2 aromatic rings. The van der Waals surface area contributed by atoms with Crippen molar-refractivity contribution in [1.82, 2.24) is 0 Å². The van der Waals surface area contributed by atoms with Gasteiger partial charge in [-0.1, -0.05) is 37.6 Å². The molecule has 0 aliphatic carbocycles. The van der Waals surface area contributed by atoms with Crippen LogP contribution in [0.15, 0.2) is 36.4 Å². The maximum Gasteiger partial charge on any atom is 0.335 e. The summed E-state index contributed by atoms with van der Waals surface area (Å²) in [6.07, 6.45) is 1.85. The first-order valence-electron chi connectivity index (χ1n) is 8.24. The molecule has 0 saturated carbocycles. The summed E-state index contributed by atoms with van der Waals surface area (Å²) in [5.74, 6) is -0.885. The zero-order valence-corrected chi connectivity index (χ0v) is 14.9. The molecule has 1 aliphatic heterocycles. The molecule has 4 heteroatoms. The van der Waals surface area contributed by atoms with Crippen LogP contribution < -0.4 is 5.32 Å². The third-order valence-electron chi connectivity index (χ3n) is 5.28. The van der Waals surface area contributed by atoms with E-state index in [-0.39, 0.29) is 11.5 Å². The monoisotopic (exact) mass is 343 g/mol. The highest BCUT2D eigenvalue weighted by molar-refractivity contribution is 6.31. The number of hydrogen-bond acceptors (Lipinski definition) is 2. The maximum atomic E-state index is 11.3. The lowest BCUT2D eigenvalue weighted by atomic mass is 9.70. The van der Waals surface area contributed by atoms with E-state index in [1.165, 1.54) is 5.56 Å². The van der Waals surface area contributed by atoms with E-state index in [1.54, 1.807) is 6.07 Å². The minimum Gasteiger partial charge on any atom is -0.478 e. The van der Waals surface area contributed by atoms with Crippen LogP contribution >= 0.6 is 11.6 Å². The molecule has 0 amide bonds. The van der Waals surface area contributed by atoms with Crippen LogP contribution in [0.2, 0.25) is 5.02 Å². The number of benzene rings is 2. The molecule has 0 aromatic heterocycles. The quantitative estimate of drug-likeness (QED) is 0.765. The van der Waals surface area contributed by atoms with E-state index in [9.17, 15) is 9.90 Å². The third kappa shape index (κ3) is 2.89. The Kier molecular flexibility index (Phi) is 4.31. The van der Waals surface area contributed by atoms with E-state index in [4.69, 9.17) is 11.6 Å². The van der Waals surface area contributed by atoms with Crippen molar-refractivity contribution in [2.45, 2.75) is 45.1 Å². The Hall–Kier alpha value is -2.00. The Labute approximate surface area is 147 Å². The molecular formula is C20H22ClNO2. The number of hydrogen-bond donors (Lipinski definition) is 2. The zero-order chi connectivity index (χ0) is 17.5. The molecule has 126 valence electrons. The lowest BCUT2D eigenvalue weighted by Gasteiger charge is -2.41. The highest BCUT2D eigenvalue weighted by atomic mass is 35.5. The van der Waals surface area contributed by atoms with Crippen LogP contribution in [0.25, 0.3) is 0 Å². The van der Waals surface area contributed by atoms with Gasteiger partial charge in [-0.3, -0.25) is 0 Å². The van der Waals surface area contributed by atoms with Gasteiger partial charge in [0.05, 0.1) is 11.6 Å². The number of halogens is 1. The average Bonchev–Trinajstić information content (AvgIpc) is 2.56. The van der Waals surface area contributed by atoms with Crippen molar-refractivity contribution in [2.24, 2.45) is 0 Å². The first kappa shape index (κ1) is 16.8. The van der Waals surface area contributed by atoms with Gasteiger partial charge in [0.25, 0.3) is 0 Å². The second kappa shape index (κ2) is 6.14. The van der Waals surface area contributed by atoms with Crippen LogP contribution in [-0.2, 0) is 5.41 Å². The van der Waals surface area contributed by atoms with E-state index in [1.807, 2.05) is 31.2 Å². The SMILES string of the molecule is CCC1(C)CC(c2ccc(C)c(Cl)c2)Nc2ccc(C(=O)O)cc21. The minimum absolute atomic E-state index is 0.0753. The molecule has 3 nitrogen and oxygen atoms in total. The topological polar surface area (TPSA) is 49.3 Å². The van der Waals surface area contributed by atoms with Gasteiger partial charge in [0.1, 0.15) is 0 Å². The molecule has 2 unspecified atom stereocenters. The van der Waals surface area contributed by atoms with Gasteiger partial charge in [-0.2, -0.15) is 0 Å². The van der Waals surface area contributed by atoms with Crippen LogP contribution in [0.3, 0.4) is 0 Å². The maximum absolute atomic E-state index is 11.3. The van der Waals surface area contributed by atoms with E-state index in [0.29, 0.717) is 5.56 Å². The molecule has 2 aromatic carbocycles. The summed E-state index contributed by atoms with van der Waals surface area (Å²) in [5, 5.41) is 13.6. The van der Waals surface area contributed by atoms with Gasteiger partial charge in [-0.25, -0.2) is 4.79 Å². The van der Waals surface area contributed by atoms with Crippen molar-refractivity contribution in [2.75, 3.05) is 5.32 Å². The standard InChI is InChI=1S/C20H22ClNO2/c1-4-20(3)11-18(13-6-5-12(2)16(21)10-13)22-17-8-7-14(19(23)24)9-15(17)20/h5-10,18,22H,4,11H2,1-3H3,(H,23,24). The number of carboxylic acid groups (broad SMARTS) is 1. The molecule has 2 atom stereocenters. The van der Waals surface area contributed by atoms with Gasteiger partial charge in [-0.15, -0.1) is 0 Å². The minimum atomic E-state index is -0.885. The predicted octanol–water partition coefficient (Wildman–Crippen LogP) is 5.57. The number of fused-ring (bicyclic) bond motifs is 1. The molecule has 0 fully saturated rings. The molecule has 0 bridgehead atoms. The van der Waals surface area contributed by atoms with E-state index < -0.39 is 5.97 Å². The van der Waals surface area contributed by atoms with Crippen LogP contribution in [0.4, 0.5) is 5.69 Å². The highest BCUT2D eigenvalue weighted by Gasteiger charge is 2.36. The summed E-state index contributed by atoms with van der Waals surface area (Å²) < 4.78 is 0. The number of rotatable bonds is 3. The summed E-state index contributed by atoms with van der Waals surface area (Å²) in [7, 11) is 0. The van der Waals surface area contributed by atoms with Crippen LogP contribution in [0.1, 0.15) is 59.8 Å². The van der Waals surface area contributed by atoms with Crippen LogP contribution in [0, 0.1) is 6.92 Å². The summed E-state index contributed by atoms with van der Waals surface area (Å²) in [6.45, 7) is 6.36. The van der Waals surface area contributed by atoms with Crippen LogP contribution in [0.5, 0.6) is 0 Å². The van der Waals surface area contributed by atoms with Crippen molar-refractivity contribution < 1.29 is 9.90 Å². The fourth-order valence-electron chi connectivity index (χ4n) is 3.46. The third-order valence-corrected chi connectivity index (χ3v) is 5.69. The summed E-state index contributed by atoms with van der Waals surface area (Å²) >= 11 is 6.30. The van der Waals surface area contributed by atoms with Gasteiger partial charge in [-0.05, 0) is 66.1 Å². The lowest BCUT2D eigenvalue weighted by Crippen LogP contribution is -2.33. The van der Waals surface area contributed by atoms with Crippen molar-refractivity contribution in [1.29, 1.82) is 0 Å². The zero-order valence-electron chi connectivity index (χ0n) is 14.2. The van der Waals surface area contributed by atoms with Crippen molar-refractivity contribution >= 4 is 23.3 Å². The average molecular weight is 344 g/mol. The number of aryl methyl sites for hydroxylation is 1. The second-order valence-corrected chi connectivity index (χ2v) is 7.30. The first-order valence-corrected chi connectivity index (χ1v) is 8.62. The summed E-state index contributed by atoms with van der Waals surface area (Å²) in [5.41, 5.74) is 4.59. The van der Waals surface area contributed by atoms with Gasteiger partial charge >= 0.3 is 5.97 Å². The molecule has 2 N–H and O–H groups in total. The summed E-state index contributed by atoms with van der Waals surface area (Å²) in [6, 6.07) is 11.7. The molecular weight excluding hydrogens is 322 g/mol. The number of nitrogens with one attached hydrogen (secondary N) is 1. The van der Waals surface area contributed by atoms with Crippen LogP contribution in [-0.4, -0.2) is 11.1 Å². The van der Waals surface area contributed by atoms with Gasteiger partial charge in [0, 0.05) is 10.7 Å². The largest absolute Gasteiger partial charge is 0.478 e.